The minimum Gasteiger partial charge on any atom is -0.271 e. The topological polar surface area (TPSA) is 38.0 Å². The Balaban J connectivity index is 2.18. The summed E-state index contributed by atoms with van der Waals surface area (Å²) >= 11 is 3.28. The van der Waals surface area contributed by atoms with Crippen molar-refractivity contribution in [2.45, 2.75) is 37.6 Å². The Bertz CT molecular complexity index is 444. The zero-order valence-corrected chi connectivity index (χ0v) is 11.9. The second-order valence-electron chi connectivity index (χ2n) is 5.00. The molecule has 1 saturated carbocycles. The predicted octanol–water partition coefficient (Wildman–Crippen LogP) is 3.92. The Kier molecular flexibility index (Phi) is 4.53. The standard InChI is InChI=1S/C13H16BrF3N2/c14-9-1-2-11(15)10(7-9)12(19-18)8-3-5-13(16,17)6-4-8/h1-2,7-8,12,19H,3-6,18H2. The van der Waals surface area contributed by atoms with Gasteiger partial charge < -0.3 is 0 Å². The number of alkyl halides is 2. The molecule has 0 bridgehead atoms. The number of hydrogen-bond donors (Lipinski definition) is 2. The Hall–Kier alpha value is -0.590. The van der Waals surface area contributed by atoms with Gasteiger partial charge in [-0.2, -0.15) is 0 Å². The number of rotatable bonds is 3. The fourth-order valence-corrected chi connectivity index (χ4v) is 3.01. The van der Waals surface area contributed by atoms with Gasteiger partial charge in [-0.25, -0.2) is 13.2 Å². The van der Waals surface area contributed by atoms with E-state index in [4.69, 9.17) is 5.84 Å². The van der Waals surface area contributed by atoms with Crippen molar-refractivity contribution in [2.75, 3.05) is 0 Å². The van der Waals surface area contributed by atoms with Gasteiger partial charge in [-0.15, -0.1) is 0 Å². The second kappa shape index (κ2) is 5.81. The predicted molar refractivity (Wildman–Crippen MR) is 71.1 cm³/mol. The molecular weight excluding hydrogens is 321 g/mol. The Morgan fingerprint density at radius 3 is 2.53 bits per heavy atom. The van der Waals surface area contributed by atoms with Gasteiger partial charge in [0.1, 0.15) is 5.82 Å². The van der Waals surface area contributed by atoms with Gasteiger partial charge in [0.05, 0.1) is 6.04 Å². The summed E-state index contributed by atoms with van der Waals surface area (Å²) in [5, 5.41) is 0. The minimum atomic E-state index is -2.59. The largest absolute Gasteiger partial charge is 0.271 e. The molecule has 0 aromatic heterocycles. The number of hydrogen-bond acceptors (Lipinski definition) is 2. The maximum Gasteiger partial charge on any atom is 0.248 e. The van der Waals surface area contributed by atoms with E-state index in [1.807, 2.05) is 0 Å². The zero-order chi connectivity index (χ0) is 14.0. The lowest BCUT2D eigenvalue weighted by Gasteiger charge is -2.33. The summed E-state index contributed by atoms with van der Waals surface area (Å²) in [5.74, 6) is 2.46. The number of nitrogens with two attached hydrogens (primary N) is 1. The molecule has 1 fully saturated rings. The first-order chi connectivity index (χ1) is 8.93. The lowest BCUT2D eigenvalue weighted by molar-refractivity contribution is -0.0499. The molecule has 1 aromatic carbocycles. The fraction of sp³-hybridized carbons (Fsp3) is 0.538. The van der Waals surface area contributed by atoms with Crippen molar-refractivity contribution in [3.8, 4) is 0 Å². The quantitative estimate of drug-likeness (QED) is 0.648. The smallest absolute Gasteiger partial charge is 0.248 e. The normalized spacial score (nSPS) is 21.3. The van der Waals surface area contributed by atoms with Crippen molar-refractivity contribution in [2.24, 2.45) is 11.8 Å². The average Bonchev–Trinajstić information content (AvgIpc) is 2.36. The van der Waals surface area contributed by atoms with E-state index in [1.165, 1.54) is 6.07 Å². The molecule has 106 valence electrons. The van der Waals surface area contributed by atoms with Crippen molar-refractivity contribution in [1.82, 2.24) is 5.43 Å². The highest BCUT2D eigenvalue weighted by Gasteiger charge is 2.38. The monoisotopic (exact) mass is 336 g/mol. The van der Waals surface area contributed by atoms with Gasteiger partial charge in [0.25, 0.3) is 0 Å². The van der Waals surface area contributed by atoms with Crippen LogP contribution in [0.1, 0.15) is 37.3 Å². The molecule has 1 aromatic rings. The maximum atomic E-state index is 13.8. The number of nitrogens with one attached hydrogen (secondary N) is 1. The maximum absolute atomic E-state index is 13.8. The van der Waals surface area contributed by atoms with Crippen LogP contribution in [0.3, 0.4) is 0 Å². The van der Waals surface area contributed by atoms with Crippen LogP contribution in [0.2, 0.25) is 0 Å². The highest BCUT2D eigenvalue weighted by atomic mass is 79.9. The molecule has 2 rings (SSSR count). The first kappa shape index (κ1) is 14.8. The summed E-state index contributed by atoms with van der Waals surface area (Å²) in [6.45, 7) is 0. The summed E-state index contributed by atoms with van der Waals surface area (Å²) in [6.07, 6.45) is 0.360. The highest BCUT2D eigenvalue weighted by molar-refractivity contribution is 9.10. The van der Waals surface area contributed by atoms with Crippen LogP contribution in [0.15, 0.2) is 22.7 Å². The molecule has 1 aliphatic carbocycles. The molecule has 1 unspecified atom stereocenters. The molecule has 2 nitrogen and oxygen atoms in total. The molecule has 1 atom stereocenters. The van der Waals surface area contributed by atoms with Crippen LogP contribution in [-0.2, 0) is 0 Å². The van der Waals surface area contributed by atoms with Crippen LogP contribution >= 0.6 is 15.9 Å². The summed E-state index contributed by atoms with van der Waals surface area (Å²) in [4.78, 5) is 0. The van der Waals surface area contributed by atoms with Crippen LogP contribution in [-0.4, -0.2) is 5.92 Å². The van der Waals surface area contributed by atoms with Crippen molar-refractivity contribution in [1.29, 1.82) is 0 Å². The van der Waals surface area contributed by atoms with Crippen LogP contribution in [0.5, 0.6) is 0 Å². The van der Waals surface area contributed by atoms with Gasteiger partial charge in [0, 0.05) is 22.9 Å². The molecule has 1 aliphatic rings. The van der Waals surface area contributed by atoms with Crippen molar-refractivity contribution in [3.63, 3.8) is 0 Å². The van der Waals surface area contributed by atoms with Crippen molar-refractivity contribution >= 4 is 15.9 Å². The zero-order valence-electron chi connectivity index (χ0n) is 10.3. The van der Waals surface area contributed by atoms with Gasteiger partial charge in [-0.3, -0.25) is 11.3 Å². The van der Waals surface area contributed by atoms with Gasteiger partial charge in [0.2, 0.25) is 5.92 Å². The number of hydrazine groups is 1. The highest BCUT2D eigenvalue weighted by Crippen LogP contribution is 2.41. The van der Waals surface area contributed by atoms with Gasteiger partial charge >= 0.3 is 0 Å². The van der Waals surface area contributed by atoms with E-state index in [0.29, 0.717) is 18.4 Å². The van der Waals surface area contributed by atoms with Crippen LogP contribution < -0.4 is 11.3 Å². The third kappa shape index (κ3) is 3.49. The van der Waals surface area contributed by atoms with E-state index < -0.39 is 12.0 Å². The summed E-state index contributed by atoms with van der Waals surface area (Å²) in [5.41, 5.74) is 3.00. The number of benzene rings is 1. The van der Waals surface area contributed by atoms with Crippen molar-refractivity contribution in [3.05, 3.63) is 34.1 Å². The van der Waals surface area contributed by atoms with Crippen LogP contribution in [0.25, 0.3) is 0 Å². The third-order valence-electron chi connectivity index (χ3n) is 3.71. The second-order valence-corrected chi connectivity index (χ2v) is 5.92. The first-order valence-corrected chi connectivity index (χ1v) is 7.01. The molecule has 0 spiro atoms. The van der Waals surface area contributed by atoms with E-state index in [-0.39, 0.29) is 24.6 Å². The molecule has 0 amide bonds. The molecule has 0 aliphatic heterocycles. The summed E-state index contributed by atoms with van der Waals surface area (Å²) in [7, 11) is 0. The number of halogens is 4. The fourth-order valence-electron chi connectivity index (χ4n) is 2.63. The van der Waals surface area contributed by atoms with E-state index in [1.54, 1.807) is 12.1 Å². The average molecular weight is 337 g/mol. The lowest BCUT2D eigenvalue weighted by atomic mass is 9.80. The molecule has 6 heteroatoms. The Morgan fingerprint density at radius 1 is 1.32 bits per heavy atom. The van der Waals surface area contributed by atoms with E-state index in [9.17, 15) is 13.2 Å². The molecule has 0 saturated heterocycles. The SMILES string of the molecule is NNC(c1cc(Br)ccc1F)C1CCC(F)(F)CC1. The molecule has 19 heavy (non-hydrogen) atoms. The summed E-state index contributed by atoms with van der Waals surface area (Å²) < 4.78 is 40.9. The van der Waals surface area contributed by atoms with Gasteiger partial charge in [0.15, 0.2) is 0 Å². The molecule has 0 radical (unpaired) electrons. The third-order valence-corrected chi connectivity index (χ3v) is 4.20. The Morgan fingerprint density at radius 2 is 1.95 bits per heavy atom. The van der Waals surface area contributed by atoms with Gasteiger partial charge in [-0.1, -0.05) is 15.9 Å². The molecular formula is C13H16BrF3N2. The first-order valence-electron chi connectivity index (χ1n) is 6.22. The van der Waals surface area contributed by atoms with Crippen LogP contribution in [0, 0.1) is 11.7 Å². The Labute approximate surface area is 118 Å². The van der Waals surface area contributed by atoms with Gasteiger partial charge in [-0.05, 0) is 37.0 Å². The van der Waals surface area contributed by atoms with E-state index >= 15 is 0 Å². The lowest BCUT2D eigenvalue weighted by Crippen LogP contribution is -2.37. The molecule has 3 N–H and O–H groups in total. The van der Waals surface area contributed by atoms with Crippen LogP contribution in [0.4, 0.5) is 13.2 Å². The van der Waals surface area contributed by atoms with Crippen molar-refractivity contribution < 1.29 is 13.2 Å². The molecule has 0 heterocycles. The minimum absolute atomic E-state index is 0.0755. The summed E-state index contributed by atoms with van der Waals surface area (Å²) in [6, 6.07) is 4.16. The van der Waals surface area contributed by atoms with E-state index in [2.05, 4.69) is 21.4 Å². The van der Waals surface area contributed by atoms with E-state index in [0.717, 1.165) is 4.47 Å².